The third kappa shape index (κ3) is 3.01. The summed E-state index contributed by atoms with van der Waals surface area (Å²) in [6, 6.07) is 28.9. The van der Waals surface area contributed by atoms with Crippen LogP contribution < -0.4 is 0 Å². The van der Waals surface area contributed by atoms with Crippen molar-refractivity contribution in [2.24, 2.45) is 5.92 Å². The lowest BCUT2D eigenvalue weighted by molar-refractivity contribution is -0.931. The quantitative estimate of drug-likeness (QED) is 0.451. The van der Waals surface area contributed by atoms with Gasteiger partial charge in [0, 0.05) is 24.3 Å². The van der Waals surface area contributed by atoms with Gasteiger partial charge in [-0.15, -0.1) is 0 Å². The summed E-state index contributed by atoms with van der Waals surface area (Å²) in [5.74, 6) is 0.476. The number of hydrogen-bond donors (Lipinski definition) is 1. The first-order chi connectivity index (χ1) is 14.6. The second kappa shape index (κ2) is 7.66. The topological polar surface area (TPSA) is 43.3 Å². The molecule has 154 valence electrons. The van der Waals surface area contributed by atoms with Crippen LogP contribution in [0.25, 0.3) is 0 Å². The van der Waals surface area contributed by atoms with Gasteiger partial charge in [-0.2, -0.15) is 0 Å². The molecule has 3 heteroatoms. The maximum Gasteiger partial charge on any atom is 0.171 e. The number of quaternary nitrogens is 1. The fraction of sp³-hybridized carbons (Fsp3) is 0.333. The van der Waals surface area contributed by atoms with E-state index in [4.69, 9.17) is 0 Å². The van der Waals surface area contributed by atoms with Crippen LogP contribution in [0.4, 0.5) is 0 Å². The number of benzene rings is 3. The molecule has 1 aliphatic heterocycles. The van der Waals surface area contributed by atoms with Crippen molar-refractivity contribution < 1.29 is 9.75 Å². The van der Waals surface area contributed by atoms with Gasteiger partial charge in [-0.25, -0.2) is 0 Å². The second-order valence-electron chi connectivity index (χ2n) is 8.94. The Balaban J connectivity index is 1.76. The Morgan fingerprint density at radius 2 is 1.30 bits per heavy atom. The minimum Gasteiger partial charge on any atom is -0.632 e. The van der Waals surface area contributed by atoms with Crippen LogP contribution in [-0.2, 0) is 5.60 Å². The number of likely N-dealkylation sites (tertiary alicyclic amines) is 1. The predicted octanol–water partition coefficient (Wildman–Crippen LogP) is 5.55. The molecule has 3 aromatic rings. The summed E-state index contributed by atoms with van der Waals surface area (Å²) in [4.78, 5) is 0. The second-order valence-corrected chi connectivity index (χ2v) is 8.94. The number of nitrogens with zero attached hydrogens (tertiary/aromatic N) is 1. The van der Waals surface area contributed by atoms with Gasteiger partial charge in [-0.3, -0.25) is 0 Å². The Bertz CT molecular complexity index is 936. The van der Waals surface area contributed by atoms with Crippen LogP contribution in [-0.4, -0.2) is 22.3 Å². The van der Waals surface area contributed by atoms with E-state index in [1.807, 2.05) is 91.0 Å². The molecule has 5 rings (SSSR count). The molecule has 1 N–H and O–H groups in total. The smallest absolute Gasteiger partial charge is 0.171 e. The molecule has 1 aliphatic carbocycles. The van der Waals surface area contributed by atoms with Crippen LogP contribution in [0.1, 0.15) is 48.4 Å². The van der Waals surface area contributed by atoms with Crippen LogP contribution >= 0.6 is 0 Å². The van der Waals surface area contributed by atoms with Crippen molar-refractivity contribution in [3.63, 3.8) is 0 Å². The van der Waals surface area contributed by atoms with Gasteiger partial charge in [0.25, 0.3) is 0 Å². The van der Waals surface area contributed by atoms with Gasteiger partial charge in [0.1, 0.15) is 0 Å². The largest absolute Gasteiger partial charge is 0.632 e. The van der Waals surface area contributed by atoms with Crippen molar-refractivity contribution in [3.8, 4) is 0 Å². The highest BCUT2D eigenvalue weighted by Crippen LogP contribution is 2.54. The molecule has 0 bridgehead atoms. The van der Waals surface area contributed by atoms with E-state index in [1.165, 1.54) is 0 Å². The van der Waals surface area contributed by atoms with Crippen molar-refractivity contribution in [2.45, 2.75) is 43.4 Å². The molecule has 0 spiro atoms. The van der Waals surface area contributed by atoms with E-state index in [0.29, 0.717) is 12.5 Å². The zero-order valence-electron chi connectivity index (χ0n) is 17.2. The minimum atomic E-state index is -1.41. The van der Waals surface area contributed by atoms with Gasteiger partial charge in [0.05, 0.1) is 12.6 Å². The first kappa shape index (κ1) is 19.5. The Morgan fingerprint density at radius 3 is 1.87 bits per heavy atom. The van der Waals surface area contributed by atoms with E-state index >= 15 is 0 Å². The Hall–Kier alpha value is -2.46. The average molecular weight is 400 g/mol. The summed E-state index contributed by atoms with van der Waals surface area (Å²) < 4.78 is -0.338. The number of fused-ring (bicyclic) bond motifs is 1. The molecule has 0 amide bonds. The van der Waals surface area contributed by atoms with E-state index in [9.17, 15) is 10.3 Å². The van der Waals surface area contributed by atoms with Gasteiger partial charge in [0.15, 0.2) is 11.6 Å². The van der Waals surface area contributed by atoms with Gasteiger partial charge < -0.3 is 15.0 Å². The summed E-state index contributed by atoms with van der Waals surface area (Å²) in [5.41, 5.74) is 1.05. The predicted molar refractivity (Wildman–Crippen MR) is 119 cm³/mol. The Morgan fingerprint density at radius 1 is 0.767 bits per heavy atom. The molecule has 1 saturated heterocycles. The van der Waals surface area contributed by atoms with E-state index in [0.717, 1.165) is 42.4 Å². The molecule has 1 heterocycles. The summed E-state index contributed by atoms with van der Waals surface area (Å²) >= 11 is 0. The highest BCUT2D eigenvalue weighted by atomic mass is 16.6. The molecule has 1 saturated carbocycles. The zero-order chi connectivity index (χ0) is 20.6. The van der Waals surface area contributed by atoms with E-state index < -0.39 is 11.6 Å². The summed E-state index contributed by atoms with van der Waals surface area (Å²) in [6.07, 6.45) is 4.17. The minimum absolute atomic E-state index is 0.0640. The molecular formula is C27H29NO2. The molecule has 0 unspecified atom stereocenters. The summed E-state index contributed by atoms with van der Waals surface area (Å²) in [7, 11) is 0. The fourth-order valence-electron chi connectivity index (χ4n) is 6.10. The van der Waals surface area contributed by atoms with Crippen molar-refractivity contribution >= 4 is 0 Å². The highest BCUT2D eigenvalue weighted by molar-refractivity contribution is 5.40. The van der Waals surface area contributed by atoms with Gasteiger partial charge in [-0.05, 0) is 24.0 Å². The Kier molecular flexibility index (Phi) is 4.98. The SMILES string of the molecule is [O-][N@+]1([C@H](c2ccccc2)C(O)(c2ccccc2)c2ccccc2)CC[C@H]2CCC[C@H]21. The van der Waals surface area contributed by atoms with Gasteiger partial charge in [0.2, 0.25) is 0 Å². The molecule has 3 aromatic carbocycles. The van der Waals surface area contributed by atoms with Crippen LogP contribution in [0.15, 0.2) is 91.0 Å². The van der Waals surface area contributed by atoms with E-state index in [1.54, 1.807) is 0 Å². The maximum absolute atomic E-state index is 14.8. The molecule has 2 fully saturated rings. The number of rotatable bonds is 5. The lowest BCUT2D eigenvalue weighted by Gasteiger charge is -2.55. The first-order valence-electron chi connectivity index (χ1n) is 11.1. The van der Waals surface area contributed by atoms with Crippen LogP contribution in [0.5, 0.6) is 0 Å². The maximum atomic E-state index is 14.8. The number of hydroxylamine groups is 3. The van der Waals surface area contributed by atoms with E-state index in [-0.39, 0.29) is 10.7 Å². The van der Waals surface area contributed by atoms with Crippen molar-refractivity contribution in [2.75, 3.05) is 6.54 Å². The fourth-order valence-corrected chi connectivity index (χ4v) is 6.10. The van der Waals surface area contributed by atoms with Crippen LogP contribution in [0.2, 0.25) is 0 Å². The molecular weight excluding hydrogens is 370 g/mol. The zero-order valence-corrected chi connectivity index (χ0v) is 17.2. The lowest BCUT2D eigenvalue weighted by atomic mass is 9.76. The summed E-state index contributed by atoms with van der Waals surface area (Å²) in [6.45, 7) is 0.566. The molecule has 0 aromatic heterocycles. The summed E-state index contributed by atoms with van der Waals surface area (Å²) in [5, 5.41) is 27.4. The first-order valence-corrected chi connectivity index (χ1v) is 11.1. The van der Waals surface area contributed by atoms with E-state index in [2.05, 4.69) is 0 Å². The van der Waals surface area contributed by atoms with Gasteiger partial charge in [-0.1, -0.05) is 91.0 Å². The molecule has 4 atom stereocenters. The molecule has 30 heavy (non-hydrogen) atoms. The normalized spacial score (nSPS) is 27.0. The van der Waals surface area contributed by atoms with Crippen molar-refractivity contribution in [1.82, 2.24) is 0 Å². The lowest BCUT2D eigenvalue weighted by Crippen LogP contribution is -2.57. The van der Waals surface area contributed by atoms with Gasteiger partial charge >= 0.3 is 0 Å². The standard InChI is InChI=1S/C27H29NO2/c29-27(23-14-6-2-7-15-23,24-16-8-3-9-17-24)26(22-11-4-1-5-12-22)28(30)20-19-21-13-10-18-25(21)28/h1-9,11-12,14-17,21,25-26,29H,10,13,18-20H2/t21-,25-,26-,28-/m1/s1. The monoisotopic (exact) mass is 399 g/mol. The van der Waals surface area contributed by atoms with Crippen molar-refractivity contribution in [1.29, 1.82) is 0 Å². The third-order valence-electron chi connectivity index (χ3n) is 7.41. The number of hydrogen-bond acceptors (Lipinski definition) is 2. The third-order valence-corrected chi connectivity index (χ3v) is 7.41. The average Bonchev–Trinajstić information content (AvgIpc) is 3.40. The van der Waals surface area contributed by atoms with Crippen LogP contribution in [0.3, 0.4) is 0 Å². The molecule has 2 aliphatic rings. The van der Waals surface area contributed by atoms with Crippen LogP contribution in [0, 0.1) is 11.1 Å². The molecule has 0 radical (unpaired) electrons. The Labute approximate surface area is 178 Å². The molecule has 3 nitrogen and oxygen atoms in total. The van der Waals surface area contributed by atoms with Crippen molar-refractivity contribution in [3.05, 3.63) is 113 Å². The highest BCUT2D eigenvalue weighted by Gasteiger charge is 2.57. The number of aliphatic hydroxyl groups is 1.